The first-order chi connectivity index (χ1) is 8.65. The summed E-state index contributed by atoms with van der Waals surface area (Å²) < 4.78 is 2.12. The largest absolute Gasteiger partial charge is 0.310 e. The molecule has 0 bridgehead atoms. The van der Waals surface area contributed by atoms with Gasteiger partial charge in [0.05, 0.1) is 11.7 Å². The van der Waals surface area contributed by atoms with Crippen LogP contribution in [0.5, 0.6) is 0 Å². The van der Waals surface area contributed by atoms with Gasteiger partial charge in [-0.2, -0.15) is 5.10 Å². The van der Waals surface area contributed by atoms with Gasteiger partial charge in [0.1, 0.15) is 0 Å². The number of aryl methyl sites for hydroxylation is 1. The smallest absolute Gasteiger partial charge is 0.0676 e. The highest BCUT2D eigenvalue weighted by Crippen LogP contribution is 2.43. The third-order valence-corrected chi connectivity index (χ3v) is 4.53. The lowest BCUT2D eigenvalue weighted by molar-refractivity contribution is 0.104. The fourth-order valence-corrected chi connectivity index (χ4v) is 3.53. The molecule has 1 unspecified atom stereocenters. The first kappa shape index (κ1) is 13.6. The second kappa shape index (κ2) is 5.41. The Hall–Kier alpha value is -0.870. The summed E-state index contributed by atoms with van der Waals surface area (Å²) in [4.78, 5) is 2.41. The summed E-state index contributed by atoms with van der Waals surface area (Å²) in [6.45, 7) is 3.09. The Bertz CT molecular complexity index is 377. The van der Waals surface area contributed by atoms with E-state index in [9.17, 15) is 0 Å². The lowest BCUT2D eigenvalue weighted by atomic mass is 9.84. The van der Waals surface area contributed by atoms with E-state index in [1.54, 1.807) is 0 Å². The summed E-state index contributed by atoms with van der Waals surface area (Å²) in [5, 5.41) is 7.96. The number of rotatable bonds is 5. The van der Waals surface area contributed by atoms with E-state index in [1.165, 1.54) is 31.4 Å². The molecule has 0 radical (unpaired) electrons. The minimum absolute atomic E-state index is 0.238. The standard InChI is InChI=1S/C14H26N4/c1-5-18-12(8-11-16-18)13(15-2)14(17(3)4)9-6-7-10-14/h8,11,13,15H,5-7,9-10H2,1-4H3. The molecule has 102 valence electrons. The summed E-state index contributed by atoms with van der Waals surface area (Å²) in [7, 11) is 6.49. The lowest BCUT2D eigenvalue weighted by Crippen LogP contribution is -2.51. The molecule has 1 atom stereocenters. The second-order valence-corrected chi connectivity index (χ2v) is 5.50. The molecular weight excluding hydrogens is 224 g/mol. The summed E-state index contributed by atoms with van der Waals surface area (Å²) in [5.74, 6) is 0. The molecule has 4 heteroatoms. The van der Waals surface area contributed by atoms with E-state index in [0.717, 1.165) is 6.54 Å². The predicted octanol–water partition coefficient (Wildman–Crippen LogP) is 2.04. The summed E-state index contributed by atoms with van der Waals surface area (Å²) in [6, 6.07) is 2.52. The first-order valence-electron chi connectivity index (χ1n) is 7.02. The zero-order valence-corrected chi connectivity index (χ0v) is 12.1. The van der Waals surface area contributed by atoms with Crippen LogP contribution in [0.1, 0.15) is 44.3 Å². The van der Waals surface area contributed by atoms with Gasteiger partial charge in [-0.25, -0.2) is 0 Å². The van der Waals surface area contributed by atoms with Gasteiger partial charge in [0.25, 0.3) is 0 Å². The zero-order valence-electron chi connectivity index (χ0n) is 12.1. The molecule has 0 saturated heterocycles. The number of hydrogen-bond acceptors (Lipinski definition) is 3. The van der Waals surface area contributed by atoms with Gasteiger partial charge < -0.3 is 10.2 Å². The van der Waals surface area contributed by atoms with Gasteiger partial charge in [-0.1, -0.05) is 12.8 Å². The second-order valence-electron chi connectivity index (χ2n) is 5.50. The molecule has 0 spiro atoms. The highest BCUT2D eigenvalue weighted by Gasteiger charge is 2.44. The van der Waals surface area contributed by atoms with Gasteiger partial charge in [0.15, 0.2) is 0 Å². The fraction of sp³-hybridized carbons (Fsp3) is 0.786. The summed E-state index contributed by atoms with van der Waals surface area (Å²) in [5.41, 5.74) is 1.55. The molecular formula is C14H26N4. The minimum atomic E-state index is 0.238. The van der Waals surface area contributed by atoms with Crippen LogP contribution in [0.3, 0.4) is 0 Å². The van der Waals surface area contributed by atoms with Gasteiger partial charge in [-0.15, -0.1) is 0 Å². The Morgan fingerprint density at radius 1 is 1.44 bits per heavy atom. The molecule has 1 heterocycles. The van der Waals surface area contributed by atoms with Crippen LogP contribution in [0.2, 0.25) is 0 Å². The number of likely N-dealkylation sites (N-methyl/N-ethyl adjacent to an activating group) is 2. The van der Waals surface area contributed by atoms with E-state index in [2.05, 4.69) is 54.1 Å². The van der Waals surface area contributed by atoms with Crippen LogP contribution in [0.25, 0.3) is 0 Å². The number of hydrogen-bond donors (Lipinski definition) is 1. The molecule has 1 aromatic rings. The van der Waals surface area contributed by atoms with Crippen molar-refractivity contribution < 1.29 is 0 Å². The van der Waals surface area contributed by atoms with Crippen molar-refractivity contribution in [2.75, 3.05) is 21.1 Å². The highest BCUT2D eigenvalue weighted by atomic mass is 15.3. The maximum atomic E-state index is 4.42. The molecule has 1 fully saturated rings. The van der Waals surface area contributed by atoms with Crippen molar-refractivity contribution in [3.05, 3.63) is 18.0 Å². The van der Waals surface area contributed by atoms with Crippen molar-refractivity contribution in [1.82, 2.24) is 20.0 Å². The third kappa shape index (κ3) is 2.08. The first-order valence-corrected chi connectivity index (χ1v) is 7.02. The van der Waals surface area contributed by atoms with Crippen molar-refractivity contribution in [2.45, 2.75) is 50.7 Å². The lowest BCUT2D eigenvalue weighted by Gasteiger charge is -2.43. The minimum Gasteiger partial charge on any atom is -0.310 e. The Kier molecular flexibility index (Phi) is 4.07. The number of aromatic nitrogens is 2. The zero-order chi connectivity index (χ0) is 13.2. The van der Waals surface area contributed by atoms with E-state index >= 15 is 0 Å². The maximum absolute atomic E-state index is 4.42. The molecule has 1 aliphatic rings. The van der Waals surface area contributed by atoms with Crippen molar-refractivity contribution in [1.29, 1.82) is 0 Å². The molecule has 1 aromatic heterocycles. The quantitative estimate of drug-likeness (QED) is 0.868. The van der Waals surface area contributed by atoms with E-state index in [1.807, 2.05) is 6.20 Å². The average Bonchev–Trinajstić information content (AvgIpc) is 2.99. The Morgan fingerprint density at radius 2 is 2.11 bits per heavy atom. The van der Waals surface area contributed by atoms with Crippen LogP contribution >= 0.6 is 0 Å². The van der Waals surface area contributed by atoms with Crippen LogP contribution in [-0.2, 0) is 6.54 Å². The number of nitrogens with zero attached hydrogens (tertiary/aromatic N) is 3. The van der Waals surface area contributed by atoms with E-state index in [-0.39, 0.29) is 5.54 Å². The van der Waals surface area contributed by atoms with Crippen molar-refractivity contribution in [2.24, 2.45) is 0 Å². The third-order valence-electron chi connectivity index (χ3n) is 4.53. The van der Waals surface area contributed by atoms with Gasteiger partial charge in [-0.05, 0) is 47.0 Å². The maximum Gasteiger partial charge on any atom is 0.0676 e. The molecule has 18 heavy (non-hydrogen) atoms. The van der Waals surface area contributed by atoms with Crippen molar-refractivity contribution in [3.8, 4) is 0 Å². The summed E-state index contributed by atoms with van der Waals surface area (Å²) >= 11 is 0. The number of nitrogens with one attached hydrogen (secondary N) is 1. The van der Waals surface area contributed by atoms with Crippen LogP contribution in [0.4, 0.5) is 0 Å². The Morgan fingerprint density at radius 3 is 2.61 bits per heavy atom. The van der Waals surface area contributed by atoms with Gasteiger partial charge in [0.2, 0.25) is 0 Å². The fourth-order valence-electron chi connectivity index (χ4n) is 3.53. The monoisotopic (exact) mass is 250 g/mol. The van der Waals surface area contributed by atoms with E-state index in [4.69, 9.17) is 0 Å². The van der Waals surface area contributed by atoms with Gasteiger partial charge in [0, 0.05) is 18.3 Å². The molecule has 4 nitrogen and oxygen atoms in total. The van der Waals surface area contributed by atoms with Gasteiger partial charge >= 0.3 is 0 Å². The van der Waals surface area contributed by atoms with Crippen LogP contribution in [0.15, 0.2) is 12.3 Å². The molecule has 1 N–H and O–H groups in total. The Balaban J connectivity index is 2.37. The molecule has 0 amide bonds. The molecule has 0 aliphatic heterocycles. The molecule has 0 aromatic carbocycles. The van der Waals surface area contributed by atoms with Crippen LogP contribution in [0, 0.1) is 0 Å². The summed E-state index contributed by atoms with van der Waals surface area (Å²) in [6.07, 6.45) is 7.11. The van der Waals surface area contributed by atoms with Gasteiger partial charge in [-0.3, -0.25) is 4.68 Å². The van der Waals surface area contributed by atoms with E-state index < -0.39 is 0 Å². The van der Waals surface area contributed by atoms with E-state index in [0.29, 0.717) is 6.04 Å². The molecule has 1 saturated carbocycles. The SMILES string of the molecule is CCn1nccc1C(NC)C1(N(C)C)CCCC1. The molecule has 2 rings (SSSR count). The Labute approximate surface area is 110 Å². The topological polar surface area (TPSA) is 33.1 Å². The highest BCUT2D eigenvalue weighted by molar-refractivity contribution is 5.16. The molecule has 1 aliphatic carbocycles. The van der Waals surface area contributed by atoms with Crippen molar-refractivity contribution >= 4 is 0 Å². The predicted molar refractivity (Wildman–Crippen MR) is 74.6 cm³/mol. The normalized spacial score (nSPS) is 20.5. The van der Waals surface area contributed by atoms with Crippen LogP contribution in [-0.4, -0.2) is 41.4 Å². The average molecular weight is 250 g/mol. The van der Waals surface area contributed by atoms with Crippen molar-refractivity contribution in [3.63, 3.8) is 0 Å². The van der Waals surface area contributed by atoms with Crippen LogP contribution < -0.4 is 5.32 Å².